The second kappa shape index (κ2) is 14.9. The van der Waals surface area contributed by atoms with Gasteiger partial charge in [0.15, 0.2) is 0 Å². The third kappa shape index (κ3) is 6.43. The lowest BCUT2D eigenvalue weighted by molar-refractivity contribution is -0.137. The molecule has 0 unspecified atom stereocenters. The van der Waals surface area contributed by atoms with Gasteiger partial charge in [-0.15, -0.1) is 0 Å². The average molecular weight is 839 g/mol. The molecule has 0 N–H and O–H groups in total. The van der Waals surface area contributed by atoms with E-state index in [4.69, 9.17) is 0 Å². The fourth-order valence-corrected chi connectivity index (χ4v) is 10.3. The summed E-state index contributed by atoms with van der Waals surface area (Å²) in [5.74, 6) is 0. The van der Waals surface area contributed by atoms with Gasteiger partial charge in [0.25, 0.3) is 0 Å². The number of nitriles is 2. The molecule has 2 heterocycles. The number of alkyl halides is 3. The average Bonchev–Trinajstić information content (AvgIpc) is 3.76. The van der Waals surface area contributed by atoms with Gasteiger partial charge in [-0.3, -0.25) is 0 Å². The fourth-order valence-electron chi connectivity index (χ4n) is 10.3. The molecule has 7 heteroatoms. The Labute approximate surface area is 369 Å². The van der Waals surface area contributed by atoms with E-state index in [9.17, 15) is 23.7 Å². The van der Waals surface area contributed by atoms with E-state index in [1.165, 1.54) is 17.2 Å². The van der Waals surface area contributed by atoms with Crippen molar-refractivity contribution in [2.45, 2.75) is 47.7 Å². The highest BCUT2D eigenvalue weighted by Crippen LogP contribution is 2.44. The van der Waals surface area contributed by atoms with E-state index in [2.05, 4.69) is 130 Å². The van der Waals surface area contributed by atoms with Crippen molar-refractivity contribution in [1.29, 1.82) is 10.5 Å². The van der Waals surface area contributed by atoms with Crippen molar-refractivity contribution in [2.24, 2.45) is 0 Å². The van der Waals surface area contributed by atoms with Crippen LogP contribution in [0.5, 0.6) is 0 Å². The maximum atomic E-state index is 14.6. The Kier molecular flexibility index (Phi) is 9.36. The molecular weight excluding hydrogens is 798 g/mol. The number of halogens is 3. The number of rotatable bonds is 5. The van der Waals surface area contributed by atoms with Crippen LogP contribution in [0.2, 0.25) is 0 Å². The molecule has 64 heavy (non-hydrogen) atoms. The lowest BCUT2D eigenvalue weighted by Gasteiger charge is -2.19. The minimum Gasteiger partial charge on any atom is -0.308 e. The molecule has 0 aliphatic rings. The quantitative estimate of drug-likeness (QED) is 0.173. The summed E-state index contributed by atoms with van der Waals surface area (Å²) in [7, 11) is 0. The summed E-state index contributed by atoms with van der Waals surface area (Å²) in [6.45, 7) is 12.6. The van der Waals surface area contributed by atoms with Gasteiger partial charge >= 0.3 is 6.18 Å². The summed E-state index contributed by atoms with van der Waals surface area (Å²) in [6, 6.07) is 49.2. The molecule has 0 bridgehead atoms. The zero-order valence-electron chi connectivity index (χ0n) is 36.2. The molecule has 0 atom stereocenters. The van der Waals surface area contributed by atoms with Gasteiger partial charge in [0.2, 0.25) is 0 Å². The molecule has 2 aromatic heterocycles. The second-order valence-electron chi connectivity index (χ2n) is 17.1. The van der Waals surface area contributed by atoms with Crippen molar-refractivity contribution in [3.63, 3.8) is 0 Å². The third-order valence-corrected chi connectivity index (χ3v) is 12.7. The minimum absolute atomic E-state index is 0.118. The Bertz CT molecular complexity index is 3450. The number of hydrogen-bond donors (Lipinski definition) is 0. The number of fused-ring (bicyclic) bond motifs is 6. The summed E-state index contributed by atoms with van der Waals surface area (Å²) in [4.78, 5) is 0. The van der Waals surface area contributed by atoms with Crippen LogP contribution in [0.3, 0.4) is 0 Å². The maximum Gasteiger partial charge on any atom is 0.416 e. The summed E-state index contributed by atoms with van der Waals surface area (Å²) in [5.41, 5.74) is 15.4. The number of aryl methyl sites for hydroxylation is 6. The van der Waals surface area contributed by atoms with E-state index < -0.39 is 11.7 Å². The van der Waals surface area contributed by atoms with Crippen molar-refractivity contribution >= 4 is 43.6 Å². The highest BCUT2D eigenvalue weighted by Gasteiger charge is 2.32. The molecule has 310 valence electrons. The molecule has 0 aliphatic carbocycles. The molecule has 4 nitrogen and oxygen atoms in total. The van der Waals surface area contributed by atoms with Crippen molar-refractivity contribution < 1.29 is 13.2 Å². The monoisotopic (exact) mass is 838 g/mol. The van der Waals surface area contributed by atoms with Crippen LogP contribution in [-0.4, -0.2) is 9.13 Å². The highest BCUT2D eigenvalue weighted by molar-refractivity contribution is 6.12. The van der Waals surface area contributed by atoms with Crippen LogP contribution in [0.15, 0.2) is 140 Å². The molecule has 0 saturated heterocycles. The topological polar surface area (TPSA) is 57.4 Å². The number of nitrogens with zero attached hydrogens (tertiary/aromatic N) is 4. The standard InChI is InChI=1S/C57H41F3N4/c1-32-19-34(3)55(35(4)20-32)39-15-17-46-44-11-7-9-13-49(44)63(51(46)26-39)53-28-42(41-23-38(30-61)24-43(25-41)57(58,59)60)29-54(48(53)31-62)64-50-14-10-8-12-45(50)47-18-16-40(27-52(47)64)56-36(5)21-33(2)22-37(56)6/h7-29H,1-6H3. The Morgan fingerprint density at radius 2 is 0.844 bits per heavy atom. The van der Waals surface area contributed by atoms with Crippen molar-refractivity contribution in [1.82, 2.24) is 9.13 Å². The van der Waals surface area contributed by atoms with Crippen LogP contribution in [0.1, 0.15) is 50.1 Å². The smallest absolute Gasteiger partial charge is 0.308 e. The van der Waals surface area contributed by atoms with Crippen LogP contribution >= 0.6 is 0 Å². The number of hydrogen-bond acceptors (Lipinski definition) is 2. The van der Waals surface area contributed by atoms with E-state index >= 15 is 0 Å². The predicted molar refractivity (Wildman–Crippen MR) is 254 cm³/mol. The zero-order valence-corrected chi connectivity index (χ0v) is 36.2. The van der Waals surface area contributed by atoms with Crippen LogP contribution in [0.4, 0.5) is 13.2 Å². The number of para-hydroxylation sites is 2. The molecule has 10 rings (SSSR count). The second-order valence-corrected chi connectivity index (χ2v) is 17.1. The van der Waals surface area contributed by atoms with Gasteiger partial charge in [0.1, 0.15) is 11.6 Å². The molecular formula is C57H41F3N4. The van der Waals surface area contributed by atoms with Crippen molar-refractivity contribution in [3.05, 3.63) is 190 Å². The minimum atomic E-state index is -4.70. The molecule has 0 spiro atoms. The number of aromatic nitrogens is 2. The van der Waals surface area contributed by atoms with Crippen molar-refractivity contribution in [2.75, 3.05) is 0 Å². The molecule has 10 aromatic rings. The van der Waals surface area contributed by atoms with Gasteiger partial charge in [0, 0.05) is 21.5 Å². The van der Waals surface area contributed by atoms with E-state index in [0.717, 1.165) is 100 Å². The van der Waals surface area contributed by atoms with Gasteiger partial charge in [-0.2, -0.15) is 23.7 Å². The van der Waals surface area contributed by atoms with Gasteiger partial charge < -0.3 is 9.13 Å². The first-order chi connectivity index (χ1) is 30.7. The normalized spacial score (nSPS) is 11.8. The Morgan fingerprint density at radius 1 is 0.422 bits per heavy atom. The number of benzene rings is 8. The lowest BCUT2D eigenvalue weighted by Crippen LogP contribution is -2.07. The summed E-state index contributed by atoms with van der Waals surface area (Å²) in [5, 5.41) is 25.5. The molecule has 8 aromatic carbocycles. The highest BCUT2D eigenvalue weighted by atomic mass is 19.4. The molecule has 0 aliphatic heterocycles. The first kappa shape index (κ1) is 40.2. The van der Waals surface area contributed by atoms with Gasteiger partial charge in [0.05, 0.1) is 50.6 Å². The Balaban J connectivity index is 1.36. The van der Waals surface area contributed by atoms with Crippen LogP contribution in [0.25, 0.3) is 88.4 Å². The van der Waals surface area contributed by atoms with Crippen molar-refractivity contribution in [3.8, 4) is 56.9 Å². The van der Waals surface area contributed by atoms with E-state index in [1.807, 2.05) is 42.5 Å². The largest absolute Gasteiger partial charge is 0.416 e. The zero-order chi connectivity index (χ0) is 44.8. The predicted octanol–water partition coefficient (Wildman–Crippen LogP) is 15.5. The molecule has 0 saturated carbocycles. The Morgan fingerprint density at radius 3 is 1.27 bits per heavy atom. The summed E-state index contributed by atoms with van der Waals surface area (Å²) < 4.78 is 47.9. The summed E-state index contributed by atoms with van der Waals surface area (Å²) in [6.07, 6.45) is -4.70. The van der Waals surface area contributed by atoms with Crippen LogP contribution < -0.4 is 0 Å². The first-order valence-corrected chi connectivity index (χ1v) is 21.2. The fraction of sp³-hybridized carbons (Fsp3) is 0.123. The van der Waals surface area contributed by atoms with Crippen LogP contribution in [0, 0.1) is 64.2 Å². The molecule has 0 fully saturated rings. The van der Waals surface area contributed by atoms with E-state index in [1.54, 1.807) is 12.1 Å². The molecule has 0 radical (unpaired) electrons. The Hall–Kier alpha value is -7.87. The van der Waals surface area contributed by atoms with E-state index in [-0.39, 0.29) is 11.1 Å². The van der Waals surface area contributed by atoms with Gasteiger partial charge in [-0.05, 0) is 152 Å². The van der Waals surface area contributed by atoms with Gasteiger partial charge in [-0.25, -0.2) is 0 Å². The lowest BCUT2D eigenvalue weighted by atomic mass is 9.93. The van der Waals surface area contributed by atoms with E-state index in [0.29, 0.717) is 22.5 Å². The summed E-state index contributed by atoms with van der Waals surface area (Å²) >= 11 is 0. The third-order valence-electron chi connectivity index (χ3n) is 12.7. The first-order valence-electron chi connectivity index (χ1n) is 21.2. The van der Waals surface area contributed by atoms with Gasteiger partial charge in [-0.1, -0.05) is 96.1 Å². The SMILES string of the molecule is Cc1cc(C)c(-c2ccc3c4ccccc4n(-c4cc(-c5cc(C#N)cc(C(F)(F)F)c5)cc(-n5c6ccccc6c6ccc(-c7c(C)cc(C)cc7C)cc65)c4C#N)c3c2)c(C)c1. The maximum absolute atomic E-state index is 14.6. The molecule has 0 amide bonds. The van der Waals surface area contributed by atoms with Crippen LogP contribution in [-0.2, 0) is 6.18 Å².